The van der Waals surface area contributed by atoms with Crippen molar-refractivity contribution < 1.29 is 5.11 Å². The van der Waals surface area contributed by atoms with Crippen LogP contribution in [0.3, 0.4) is 0 Å². The van der Waals surface area contributed by atoms with E-state index in [1.165, 1.54) is 35.1 Å². The van der Waals surface area contributed by atoms with Crippen molar-refractivity contribution in [1.82, 2.24) is 0 Å². The maximum Gasteiger partial charge on any atom is 0.0721 e. The van der Waals surface area contributed by atoms with Crippen LogP contribution in [0.4, 0.5) is 0 Å². The van der Waals surface area contributed by atoms with Crippen molar-refractivity contribution in [2.75, 3.05) is 0 Å². The number of aryl methyl sites for hydroxylation is 3. The molecule has 1 aromatic rings. The molecule has 3 atom stereocenters. The minimum absolute atomic E-state index is 0.425. The summed E-state index contributed by atoms with van der Waals surface area (Å²) < 4.78 is 0. The quantitative estimate of drug-likeness (QED) is 0.832. The lowest BCUT2D eigenvalue weighted by Crippen LogP contribution is -2.47. The number of rotatable bonds is 3. The highest BCUT2D eigenvalue weighted by Gasteiger charge is 2.43. The zero-order valence-corrected chi connectivity index (χ0v) is 14.7. The molecule has 0 saturated heterocycles. The monoisotopic (exact) mass is 288 g/mol. The lowest BCUT2D eigenvalue weighted by atomic mass is 9.64. The molecule has 1 fully saturated rings. The Morgan fingerprint density at radius 3 is 2.24 bits per heavy atom. The highest BCUT2D eigenvalue weighted by atomic mass is 16.3. The van der Waals surface area contributed by atoms with Crippen LogP contribution in [-0.2, 0) is 6.42 Å². The first-order valence-corrected chi connectivity index (χ1v) is 8.52. The van der Waals surface area contributed by atoms with Crippen molar-refractivity contribution in [2.24, 2.45) is 17.8 Å². The Bertz CT molecular complexity index is 480. The number of hydrogen-bond donors (Lipinski definition) is 1. The summed E-state index contributed by atoms with van der Waals surface area (Å²) in [7, 11) is 0. The summed E-state index contributed by atoms with van der Waals surface area (Å²) in [5.74, 6) is 1.61. The average molecular weight is 288 g/mol. The molecule has 1 saturated carbocycles. The van der Waals surface area contributed by atoms with Crippen molar-refractivity contribution in [2.45, 2.75) is 72.8 Å². The van der Waals surface area contributed by atoms with Gasteiger partial charge in [0, 0.05) is 6.42 Å². The lowest BCUT2D eigenvalue weighted by molar-refractivity contribution is -0.0796. The van der Waals surface area contributed by atoms with Crippen LogP contribution in [0.1, 0.15) is 62.3 Å². The summed E-state index contributed by atoms with van der Waals surface area (Å²) in [6.07, 6.45) is 4.19. The van der Waals surface area contributed by atoms with Gasteiger partial charge in [0.2, 0.25) is 0 Å². The van der Waals surface area contributed by atoms with E-state index in [2.05, 4.69) is 53.7 Å². The molecule has 21 heavy (non-hydrogen) atoms. The molecule has 0 bridgehead atoms. The van der Waals surface area contributed by atoms with Crippen LogP contribution in [0, 0.1) is 38.5 Å². The van der Waals surface area contributed by atoms with E-state index in [1.54, 1.807) is 0 Å². The van der Waals surface area contributed by atoms with Gasteiger partial charge in [0.1, 0.15) is 0 Å². The number of aliphatic hydroxyl groups is 1. The second kappa shape index (κ2) is 6.12. The zero-order chi connectivity index (χ0) is 15.8. The van der Waals surface area contributed by atoms with Crippen LogP contribution in [0.25, 0.3) is 0 Å². The van der Waals surface area contributed by atoms with Gasteiger partial charge in [-0.3, -0.25) is 0 Å². The molecule has 0 amide bonds. The Kier molecular flexibility index (Phi) is 4.82. The molecule has 1 N–H and O–H groups in total. The summed E-state index contributed by atoms with van der Waals surface area (Å²) in [6.45, 7) is 13.3. The smallest absolute Gasteiger partial charge is 0.0721 e. The van der Waals surface area contributed by atoms with Gasteiger partial charge in [-0.05, 0) is 68.1 Å². The first kappa shape index (κ1) is 16.5. The standard InChI is InChI=1S/C20H32O/c1-13(2)19-8-7-14(3)11-20(19,21)12-18-16(5)9-15(4)10-17(18)6/h9-10,13-14,19,21H,7-8,11-12H2,1-6H3. The molecule has 0 spiro atoms. The molecule has 118 valence electrons. The Morgan fingerprint density at radius 1 is 1.14 bits per heavy atom. The summed E-state index contributed by atoms with van der Waals surface area (Å²) in [5, 5.41) is 11.4. The van der Waals surface area contributed by atoms with E-state index in [1.807, 2.05) is 0 Å². The summed E-state index contributed by atoms with van der Waals surface area (Å²) in [6, 6.07) is 4.50. The van der Waals surface area contributed by atoms with Gasteiger partial charge in [-0.1, -0.05) is 44.9 Å². The van der Waals surface area contributed by atoms with Gasteiger partial charge in [0.05, 0.1) is 5.60 Å². The predicted octanol–water partition coefficient (Wildman–Crippen LogP) is 4.98. The molecule has 2 rings (SSSR count). The predicted molar refractivity (Wildman–Crippen MR) is 90.6 cm³/mol. The topological polar surface area (TPSA) is 20.2 Å². The molecule has 1 aliphatic rings. The van der Waals surface area contributed by atoms with E-state index >= 15 is 0 Å². The Labute approximate surface area is 130 Å². The Morgan fingerprint density at radius 2 is 1.71 bits per heavy atom. The largest absolute Gasteiger partial charge is 0.389 e. The molecule has 3 unspecified atom stereocenters. The molecule has 1 aromatic carbocycles. The third kappa shape index (κ3) is 3.51. The molecule has 1 aliphatic carbocycles. The number of benzene rings is 1. The Hall–Kier alpha value is -0.820. The average Bonchev–Trinajstić information content (AvgIpc) is 2.33. The minimum Gasteiger partial charge on any atom is -0.389 e. The van der Waals surface area contributed by atoms with Crippen molar-refractivity contribution >= 4 is 0 Å². The van der Waals surface area contributed by atoms with Gasteiger partial charge in [-0.25, -0.2) is 0 Å². The SMILES string of the molecule is Cc1cc(C)c(CC2(O)CC(C)CCC2C(C)C)c(C)c1. The van der Waals surface area contributed by atoms with Crippen molar-refractivity contribution in [3.05, 3.63) is 34.4 Å². The highest BCUT2D eigenvalue weighted by Crippen LogP contribution is 2.43. The van der Waals surface area contributed by atoms with Gasteiger partial charge in [0.15, 0.2) is 0 Å². The molecule has 1 heteroatoms. The summed E-state index contributed by atoms with van der Waals surface area (Å²) in [4.78, 5) is 0. The van der Waals surface area contributed by atoms with E-state index in [0.717, 1.165) is 12.8 Å². The Balaban J connectivity index is 2.34. The van der Waals surface area contributed by atoms with E-state index in [0.29, 0.717) is 17.8 Å². The van der Waals surface area contributed by atoms with E-state index in [-0.39, 0.29) is 0 Å². The van der Waals surface area contributed by atoms with Crippen LogP contribution in [0.2, 0.25) is 0 Å². The second-order valence-electron chi connectivity index (χ2n) is 7.89. The van der Waals surface area contributed by atoms with Gasteiger partial charge in [0.25, 0.3) is 0 Å². The van der Waals surface area contributed by atoms with Crippen LogP contribution >= 0.6 is 0 Å². The molecular formula is C20H32O. The highest BCUT2D eigenvalue weighted by molar-refractivity contribution is 5.38. The van der Waals surface area contributed by atoms with E-state index in [9.17, 15) is 5.11 Å². The van der Waals surface area contributed by atoms with Crippen molar-refractivity contribution in [1.29, 1.82) is 0 Å². The van der Waals surface area contributed by atoms with Gasteiger partial charge < -0.3 is 5.11 Å². The fourth-order valence-corrected chi connectivity index (χ4v) is 4.54. The minimum atomic E-state index is -0.531. The summed E-state index contributed by atoms with van der Waals surface area (Å²) >= 11 is 0. The molecule has 0 aliphatic heterocycles. The molecule has 0 aromatic heterocycles. The first-order valence-electron chi connectivity index (χ1n) is 8.52. The molecular weight excluding hydrogens is 256 g/mol. The van der Waals surface area contributed by atoms with Crippen LogP contribution in [0.15, 0.2) is 12.1 Å². The van der Waals surface area contributed by atoms with Crippen LogP contribution in [-0.4, -0.2) is 10.7 Å². The molecule has 0 heterocycles. The van der Waals surface area contributed by atoms with E-state index in [4.69, 9.17) is 0 Å². The van der Waals surface area contributed by atoms with Gasteiger partial charge in [-0.2, -0.15) is 0 Å². The number of hydrogen-bond acceptors (Lipinski definition) is 1. The van der Waals surface area contributed by atoms with Gasteiger partial charge >= 0.3 is 0 Å². The second-order valence-corrected chi connectivity index (χ2v) is 7.89. The normalized spacial score (nSPS) is 29.9. The third-order valence-electron chi connectivity index (χ3n) is 5.49. The fraction of sp³-hybridized carbons (Fsp3) is 0.700. The maximum atomic E-state index is 11.4. The van der Waals surface area contributed by atoms with Crippen LogP contribution < -0.4 is 0 Å². The summed E-state index contributed by atoms with van der Waals surface area (Å²) in [5.41, 5.74) is 4.82. The maximum absolute atomic E-state index is 11.4. The third-order valence-corrected chi connectivity index (χ3v) is 5.49. The van der Waals surface area contributed by atoms with Crippen LogP contribution in [0.5, 0.6) is 0 Å². The fourth-order valence-electron chi connectivity index (χ4n) is 4.54. The van der Waals surface area contributed by atoms with E-state index < -0.39 is 5.60 Å². The van der Waals surface area contributed by atoms with Crippen molar-refractivity contribution in [3.63, 3.8) is 0 Å². The van der Waals surface area contributed by atoms with Crippen molar-refractivity contribution in [3.8, 4) is 0 Å². The lowest BCUT2D eigenvalue weighted by Gasteiger charge is -2.45. The first-order chi connectivity index (χ1) is 9.73. The zero-order valence-electron chi connectivity index (χ0n) is 14.7. The van der Waals surface area contributed by atoms with Gasteiger partial charge in [-0.15, -0.1) is 0 Å². The molecule has 0 radical (unpaired) electrons. The molecule has 1 nitrogen and oxygen atoms in total.